The van der Waals surface area contributed by atoms with Crippen LogP contribution >= 0.6 is 0 Å². The Labute approximate surface area is 175 Å². The predicted octanol–water partition coefficient (Wildman–Crippen LogP) is 2.93. The third-order valence-electron chi connectivity index (χ3n) is 5.43. The molecule has 0 atom stereocenters. The third-order valence-corrected chi connectivity index (χ3v) is 7.32. The van der Waals surface area contributed by atoms with Crippen molar-refractivity contribution in [2.24, 2.45) is 0 Å². The molecule has 5 rings (SSSR count). The smallest absolute Gasteiger partial charge is 0.243 e. The Bertz CT molecular complexity index is 1260. The molecular formula is C22H21N5O2S. The molecule has 30 heavy (non-hydrogen) atoms. The highest BCUT2D eigenvalue weighted by molar-refractivity contribution is 7.89. The van der Waals surface area contributed by atoms with Gasteiger partial charge in [0.25, 0.3) is 0 Å². The molecule has 0 saturated carbocycles. The van der Waals surface area contributed by atoms with Crippen molar-refractivity contribution in [3.63, 3.8) is 0 Å². The summed E-state index contributed by atoms with van der Waals surface area (Å²) >= 11 is 0. The van der Waals surface area contributed by atoms with Crippen LogP contribution in [0.25, 0.3) is 16.6 Å². The normalized spacial score (nSPS) is 15.5. The number of hydrogen-bond donors (Lipinski definition) is 0. The summed E-state index contributed by atoms with van der Waals surface area (Å²) in [6, 6.07) is 20.8. The van der Waals surface area contributed by atoms with Crippen molar-refractivity contribution in [2.45, 2.75) is 4.90 Å². The molecule has 8 heteroatoms. The lowest BCUT2D eigenvalue weighted by atomic mass is 10.1. The van der Waals surface area contributed by atoms with Gasteiger partial charge in [0.15, 0.2) is 11.6 Å². The molecule has 0 amide bonds. The maximum Gasteiger partial charge on any atom is 0.243 e. The van der Waals surface area contributed by atoms with Gasteiger partial charge in [-0.15, -0.1) is 10.2 Å². The van der Waals surface area contributed by atoms with E-state index in [1.165, 1.54) is 0 Å². The van der Waals surface area contributed by atoms with Crippen LogP contribution in [-0.2, 0) is 10.0 Å². The van der Waals surface area contributed by atoms with Crippen LogP contribution in [0.5, 0.6) is 0 Å². The van der Waals surface area contributed by atoms with E-state index in [9.17, 15) is 8.42 Å². The van der Waals surface area contributed by atoms with Gasteiger partial charge in [-0.2, -0.15) is 4.31 Å². The number of rotatable bonds is 4. The van der Waals surface area contributed by atoms with Crippen LogP contribution in [0.2, 0.25) is 0 Å². The zero-order valence-corrected chi connectivity index (χ0v) is 17.1. The summed E-state index contributed by atoms with van der Waals surface area (Å²) in [6.07, 6.45) is 3.83. The molecule has 1 aliphatic rings. The van der Waals surface area contributed by atoms with Gasteiger partial charge in [-0.3, -0.25) is 0 Å². The Morgan fingerprint density at radius 1 is 0.700 bits per heavy atom. The van der Waals surface area contributed by atoms with Crippen molar-refractivity contribution in [2.75, 3.05) is 31.1 Å². The summed E-state index contributed by atoms with van der Waals surface area (Å²) < 4.78 is 29.7. The number of benzene rings is 2. The van der Waals surface area contributed by atoms with Crippen LogP contribution in [0, 0.1) is 0 Å². The number of piperazine rings is 1. The van der Waals surface area contributed by atoms with E-state index in [2.05, 4.69) is 15.1 Å². The highest BCUT2D eigenvalue weighted by Crippen LogP contribution is 2.24. The van der Waals surface area contributed by atoms with Crippen molar-refractivity contribution in [3.05, 3.63) is 79.1 Å². The van der Waals surface area contributed by atoms with Crippen molar-refractivity contribution in [3.8, 4) is 5.82 Å². The molecule has 7 nitrogen and oxygen atoms in total. The Kier molecular flexibility index (Phi) is 4.72. The summed E-state index contributed by atoms with van der Waals surface area (Å²) in [5, 5.41) is 10.6. The SMILES string of the molecule is O=S(=O)(c1ccc2ccccc2c1)N1CCN(c2ccc(-n3cccc3)nn2)CC1. The number of nitrogens with zero attached hydrogens (tertiary/aromatic N) is 5. The number of anilines is 1. The van der Waals surface area contributed by atoms with E-state index in [-0.39, 0.29) is 0 Å². The minimum atomic E-state index is -3.53. The standard InChI is InChI=1S/C22H21N5O2S/c28-30(29,20-8-7-18-5-1-2-6-19(18)17-20)27-15-13-26(14-16-27)22-10-9-21(23-24-22)25-11-3-4-12-25/h1-12,17H,13-16H2. The van der Waals surface area contributed by atoms with Gasteiger partial charge < -0.3 is 9.47 Å². The second kappa shape index (κ2) is 7.55. The van der Waals surface area contributed by atoms with Gasteiger partial charge in [0.05, 0.1) is 4.90 Å². The zero-order valence-electron chi connectivity index (χ0n) is 16.3. The topological polar surface area (TPSA) is 71.3 Å². The van der Waals surface area contributed by atoms with Crippen LogP contribution in [0.3, 0.4) is 0 Å². The largest absolute Gasteiger partial charge is 0.352 e. The molecule has 1 saturated heterocycles. The first-order valence-corrected chi connectivity index (χ1v) is 11.3. The minimum Gasteiger partial charge on any atom is -0.352 e. The molecule has 0 bridgehead atoms. The summed E-state index contributed by atoms with van der Waals surface area (Å²) in [5.41, 5.74) is 0. The first-order valence-electron chi connectivity index (χ1n) is 9.82. The van der Waals surface area contributed by atoms with Crippen LogP contribution in [0.1, 0.15) is 0 Å². The van der Waals surface area contributed by atoms with E-state index in [0.717, 1.165) is 22.4 Å². The number of fused-ring (bicyclic) bond motifs is 1. The molecule has 2 aromatic heterocycles. The van der Waals surface area contributed by atoms with Crippen LogP contribution in [0.15, 0.2) is 84.0 Å². The fourth-order valence-corrected chi connectivity index (χ4v) is 5.20. The average Bonchev–Trinajstić information content (AvgIpc) is 3.34. The van der Waals surface area contributed by atoms with Gasteiger partial charge in [-0.25, -0.2) is 8.42 Å². The predicted molar refractivity (Wildman–Crippen MR) is 116 cm³/mol. The highest BCUT2D eigenvalue weighted by Gasteiger charge is 2.29. The second-order valence-electron chi connectivity index (χ2n) is 7.24. The molecule has 3 heterocycles. The third kappa shape index (κ3) is 3.44. The van der Waals surface area contributed by atoms with Gasteiger partial charge in [0, 0.05) is 38.6 Å². The molecular weight excluding hydrogens is 398 g/mol. The minimum absolute atomic E-state index is 0.338. The second-order valence-corrected chi connectivity index (χ2v) is 9.18. The Morgan fingerprint density at radius 2 is 1.37 bits per heavy atom. The van der Waals surface area contributed by atoms with Gasteiger partial charge >= 0.3 is 0 Å². The van der Waals surface area contributed by atoms with E-state index < -0.39 is 10.0 Å². The summed E-state index contributed by atoms with van der Waals surface area (Å²) in [6.45, 7) is 1.97. The van der Waals surface area contributed by atoms with Gasteiger partial charge in [-0.05, 0) is 47.2 Å². The average molecular weight is 420 g/mol. The number of hydrogen-bond acceptors (Lipinski definition) is 5. The van der Waals surface area contributed by atoms with E-state index in [1.54, 1.807) is 16.4 Å². The Morgan fingerprint density at radius 3 is 2.07 bits per heavy atom. The van der Waals surface area contributed by atoms with E-state index in [4.69, 9.17) is 0 Å². The molecule has 1 fully saturated rings. The summed E-state index contributed by atoms with van der Waals surface area (Å²) in [5.74, 6) is 1.51. The lowest BCUT2D eigenvalue weighted by Crippen LogP contribution is -2.49. The van der Waals surface area contributed by atoms with Crippen molar-refractivity contribution >= 4 is 26.6 Å². The number of sulfonamides is 1. The van der Waals surface area contributed by atoms with E-state index in [1.807, 2.05) is 71.6 Å². The molecule has 0 unspecified atom stereocenters. The summed E-state index contributed by atoms with van der Waals surface area (Å²) in [4.78, 5) is 2.41. The Hall–Kier alpha value is -3.23. The van der Waals surface area contributed by atoms with Gasteiger partial charge in [-0.1, -0.05) is 30.3 Å². The molecule has 0 aliphatic carbocycles. The molecule has 4 aromatic rings. The maximum atomic E-state index is 13.1. The first kappa shape index (κ1) is 18.8. The van der Waals surface area contributed by atoms with Gasteiger partial charge in [0.1, 0.15) is 0 Å². The van der Waals surface area contributed by atoms with Crippen molar-refractivity contribution in [1.82, 2.24) is 19.1 Å². The zero-order chi connectivity index (χ0) is 20.6. The molecule has 0 radical (unpaired) electrons. The van der Waals surface area contributed by atoms with Crippen molar-refractivity contribution < 1.29 is 8.42 Å². The summed E-state index contributed by atoms with van der Waals surface area (Å²) in [7, 11) is -3.53. The number of aromatic nitrogens is 3. The van der Waals surface area contributed by atoms with Crippen LogP contribution in [0.4, 0.5) is 5.82 Å². The van der Waals surface area contributed by atoms with Crippen LogP contribution in [-0.4, -0.2) is 53.7 Å². The lowest BCUT2D eigenvalue weighted by Gasteiger charge is -2.34. The molecule has 0 spiro atoms. The highest BCUT2D eigenvalue weighted by atomic mass is 32.2. The first-order chi connectivity index (χ1) is 14.6. The lowest BCUT2D eigenvalue weighted by molar-refractivity contribution is 0.383. The molecule has 1 aliphatic heterocycles. The molecule has 2 aromatic carbocycles. The van der Waals surface area contributed by atoms with Gasteiger partial charge in [0.2, 0.25) is 10.0 Å². The van der Waals surface area contributed by atoms with E-state index >= 15 is 0 Å². The fourth-order valence-electron chi connectivity index (χ4n) is 3.75. The molecule has 0 N–H and O–H groups in total. The van der Waals surface area contributed by atoms with Crippen molar-refractivity contribution in [1.29, 1.82) is 0 Å². The quantitative estimate of drug-likeness (QED) is 0.509. The Balaban J connectivity index is 1.30. The maximum absolute atomic E-state index is 13.1. The fraction of sp³-hybridized carbons (Fsp3) is 0.182. The van der Waals surface area contributed by atoms with Crippen LogP contribution < -0.4 is 4.90 Å². The molecule has 152 valence electrons. The monoisotopic (exact) mass is 419 g/mol. The van der Waals surface area contributed by atoms with E-state index in [0.29, 0.717) is 31.1 Å².